The fourth-order valence-electron chi connectivity index (χ4n) is 2.63. The number of hydrogen-bond donors (Lipinski definition) is 0. The van der Waals surface area contributed by atoms with Crippen molar-refractivity contribution in [3.8, 4) is 0 Å². The van der Waals surface area contributed by atoms with E-state index in [-0.39, 0.29) is 0 Å². The zero-order valence-corrected chi connectivity index (χ0v) is 11.9. The Kier molecular flexibility index (Phi) is 2.74. The minimum atomic E-state index is 0.465. The average molecular weight is 253 g/mol. The van der Waals surface area contributed by atoms with Gasteiger partial charge < -0.3 is 9.32 Å². The highest BCUT2D eigenvalue weighted by molar-refractivity contribution is 6.09. The first-order valence-electron chi connectivity index (χ1n) is 6.71. The molecule has 0 N–H and O–H groups in total. The maximum atomic E-state index is 6.20. The largest absolute Gasteiger partial charge is 0.454 e. The van der Waals surface area contributed by atoms with E-state index in [1.165, 1.54) is 16.3 Å². The number of nitrogens with zero attached hydrogens (tertiary/aromatic N) is 1. The van der Waals surface area contributed by atoms with Crippen LogP contribution in [0.1, 0.15) is 25.3 Å². The first kappa shape index (κ1) is 12.1. The van der Waals surface area contributed by atoms with Gasteiger partial charge in [0.1, 0.15) is 5.58 Å². The number of para-hydroxylation sites is 2. The van der Waals surface area contributed by atoms with Gasteiger partial charge in [-0.05, 0) is 17.5 Å². The summed E-state index contributed by atoms with van der Waals surface area (Å²) < 4.78 is 6.20. The second kappa shape index (κ2) is 4.30. The van der Waals surface area contributed by atoms with E-state index in [1.54, 1.807) is 0 Å². The van der Waals surface area contributed by atoms with Crippen molar-refractivity contribution in [1.82, 2.24) is 0 Å². The van der Waals surface area contributed by atoms with Crippen LogP contribution >= 0.6 is 0 Å². The summed E-state index contributed by atoms with van der Waals surface area (Å²) in [5, 5.41) is 2.41. The summed E-state index contributed by atoms with van der Waals surface area (Å²) >= 11 is 0. The zero-order chi connectivity index (χ0) is 13.6. The lowest BCUT2D eigenvalue weighted by Crippen LogP contribution is -2.08. The summed E-state index contributed by atoms with van der Waals surface area (Å²) in [7, 11) is 4.09. The van der Waals surface area contributed by atoms with E-state index in [2.05, 4.69) is 55.1 Å². The van der Waals surface area contributed by atoms with E-state index in [4.69, 9.17) is 4.42 Å². The first-order valence-corrected chi connectivity index (χ1v) is 6.71. The van der Waals surface area contributed by atoms with Gasteiger partial charge in [0.25, 0.3) is 0 Å². The highest BCUT2D eigenvalue weighted by atomic mass is 16.3. The molecule has 2 aromatic carbocycles. The molecule has 0 fully saturated rings. The molecule has 1 heterocycles. The van der Waals surface area contributed by atoms with Gasteiger partial charge in [0, 0.05) is 24.9 Å². The fourth-order valence-corrected chi connectivity index (χ4v) is 2.63. The third-order valence-corrected chi connectivity index (χ3v) is 3.64. The first-order chi connectivity index (χ1) is 9.09. The second-order valence-corrected chi connectivity index (χ2v) is 5.53. The standard InChI is InChI=1S/C17H19NO/c1-11(2)12-7-5-8-13-14-9-6-10-15(18(3)4)17(14)19-16(12)13/h5-11H,1-4H3. The molecule has 0 saturated heterocycles. The molecule has 3 rings (SSSR count). The van der Waals surface area contributed by atoms with Gasteiger partial charge in [-0.3, -0.25) is 0 Å². The minimum Gasteiger partial charge on any atom is -0.454 e. The molecule has 0 atom stereocenters. The van der Waals surface area contributed by atoms with Crippen LogP contribution in [0.2, 0.25) is 0 Å². The van der Waals surface area contributed by atoms with Crippen LogP contribution in [0.5, 0.6) is 0 Å². The van der Waals surface area contributed by atoms with Crippen LogP contribution in [0.25, 0.3) is 21.9 Å². The summed E-state index contributed by atoms with van der Waals surface area (Å²) in [6.07, 6.45) is 0. The molecule has 0 aliphatic rings. The third kappa shape index (κ3) is 1.79. The van der Waals surface area contributed by atoms with Gasteiger partial charge in [-0.15, -0.1) is 0 Å². The lowest BCUT2D eigenvalue weighted by atomic mass is 10.0. The maximum absolute atomic E-state index is 6.20. The van der Waals surface area contributed by atoms with Crippen molar-refractivity contribution in [2.45, 2.75) is 19.8 Å². The lowest BCUT2D eigenvalue weighted by molar-refractivity contribution is 0.656. The van der Waals surface area contributed by atoms with Crippen LogP contribution in [0.15, 0.2) is 40.8 Å². The van der Waals surface area contributed by atoms with Gasteiger partial charge in [-0.2, -0.15) is 0 Å². The van der Waals surface area contributed by atoms with Gasteiger partial charge in [-0.25, -0.2) is 0 Å². The molecule has 0 spiro atoms. The van der Waals surface area contributed by atoms with Crippen molar-refractivity contribution >= 4 is 27.6 Å². The molecule has 0 unspecified atom stereocenters. The normalized spacial score (nSPS) is 11.6. The third-order valence-electron chi connectivity index (χ3n) is 3.64. The summed E-state index contributed by atoms with van der Waals surface area (Å²) in [5.41, 5.74) is 4.42. The maximum Gasteiger partial charge on any atom is 0.158 e. The zero-order valence-electron chi connectivity index (χ0n) is 11.9. The Bertz CT molecular complexity index is 675. The van der Waals surface area contributed by atoms with Crippen LogP contribution in [0, 0.1) is 0 Å². The van der Waals surface area contributed by atoms with Crippen LogP contribution in [-0.4, -0.2) is 14.1 Å². The summed E-state index contributed by atoms with van der Waals surface area (Å²) in [6, 6.07) is 12.7. The molecule has 0 aliphatic carbocycles. The summed E-state index contributed by atoms with van der Waals surface area (Å²) in [6.45, 7) is 4.41. The van der Waals surface area contributed by atoms with Crippen molar-refractivity contribution in [3.05, 3.63) is 42.0 Å². The van der Waals surface area contributed by atoms with Crippen molar-refractivity contribution in [2.75, 3.05) is 19.0 Å². The predicted octanol–water partition coefficient (Wildman–Crippen LogP) is 4.78. The van der Waals surface area contributed by atoms with Crippen LogP contribution in [0.3, 0.4) is 0 Å². The Hall–Kier alpha value is -1.96. The number of furan rings is 1. The molecule has 0 bridgehead atoms. The van der Waals surface area contributed by atoms with Gasteiger partial charge in [0.2, 0.25) is 0 Å². The summed E-state index contributed by atoms with van der Waals surface area (Å²) in [5.74, 6) is 0.465. The molecule has 1 aromatic heterocycles. The van der Waals surface area contributed by atoms with Crippen molar-refractivity contribution in [1.29, 1.82) is 0 Å². The SMILES string of the molecule is CC(C)c1cccc2c1oc1c(N(C)C)cccc12. The Morgan fingerprint density at radius 3 is 2.16 bits per heavy atom. The van der Waals surface area contributed by atoms with Crippen LogP contribution < -0.4 is 4.90 Å². The molecule has 2 heteroatoms. The summed E-state index contributed by atoms with van der Waals surface area (Å²) in [4.78, 5) is 2.10. The van der Waals surface area contributed by atoms with Gasteiger partial charge in [0.05, 0.1) is 5.69 Å². The van der Waals surface area contributed by atoms with Crippen LogP contribution in [0.4, 0.5) is 5.69 Å². The number of hydrogen-bond acceptors (Lipinski definition) is 2. The molecule has 0 amide bonds. The molecule has 3 aromatic rings. The average Bonchev–Trinajstić information content (AvgIpc) is 2.76. The fraction of sp³-hybridized carbons (Fsp3) is 0.294. The lowest BCUT2D eigenvalue weighted by Gasteiger charge is -2.11. The van der Waals surface area contributed by atoms with E-state index in [1.807, 2.05) is 14.1 Å². The van der Waals surface area contributed by atoms with Gasteiger partial charge in [0.15, 0.2) is 5.58 Å². The number of anilines is 1. The van der Waals surface area contributed by atoms with Gasteiger partial charge >= 0.3 is 0 Å². The topological polar surface area (TPSA) is 16.4 Å². The van der Waals surface area contributed by atoms with E-state index >= 15 is 0 Å². The van der Waals surface area contributed by atoms with E-state index in [0.29, 0.717) is 5.92 Å². The Balaban J connectivity index is 2.44. The Morgan fingerprint density at radius 1 is 0.895 bits per heavy atom. The van der Waals surface area contributed by atoms with E-state index in [0.717, 1.165) is 16.9 Å². The molecular weight excluding hydrogens is 234 g/mol. The quantitative estimate of drug-likeness (QED) is 0.653. The predicted molar refractivity (Wildman–Crippen MR) is 82.1 cm³/mol. The number of fused-ring (bicyclic) bond motifs is 3. The Labute approximate surface area is 113 Å². The van der Waals surface area contributed by atoms with E-state index in [9.17, 15) is 0 Å². The monoisotopic (exact) mass is 253 g/mol. The molecule has 0 aliphatic heterocycles. The highest BCUT2D eigenvalue weighted by Gasteiger charge is 2.15. The second-order valence-electron chi connectivity index (χ2n) is 5.53. The van der Waals surface area contributed by atoms with Crippen molar-refractivity contribution in [2.24, 2.45) is 0 Å². The van der Waals surface area contributed by atoms with Crippen molar-refractivity contribution in [3.63, 3.8) is 0 Å². The molecular formula is C17H19NO. The smallest absolute Gasteiger partial charge is 0.158 e. The number of rotatable bonds is 2. The van der Waals surface area contributed by atoms with Crippen LogP contribution in [-0.2, 0) is 0 Å². The molecule has 2 nitrogen and oxygen atoms in total. The molecule has 0 saturated carbocycles. The van der Waals surface area contributed by atoms with E-state index < -0.39 is 0 Å². The molecule has 0 radical (unpaired) electrons. The van der Waals surface area contributed by atoms with Gasteiger partial charge in [-0.1, -0.05) is 44.2 Å². The number of benzene rings is 2. The molecule has 98 valence electrons. The Morgan fingerprint density at radius 2 is 1.53 bits per heavy atom. The highest BCUT2D eigenvalue weighted by Crippen LogP contribution is 2.37. The molecule has 19 heavy (non-hydrogen) atoms. The minimum absolute atomic E-state index is 0.465. The van der Waals surface area contributed by atoms with Crippen molar-refractivity contribution < 1.29 is 4.42 Å².